The Morgan fingerprint density at radius 2 is 2.27 bits per heavy atom. The van der Waals surface area contributed by atoms with Crippen molar-refractivity contribution >= 4 is 42.4 Å². The Balaban J connectivity index is 2.41. The molecular weight excluding hydrogens is 302 g/mol. The van der Waals surface area contributed by atoms with Crippen LogP contribution in [0.1, 0.15) is 28.4 Å². The van der Waals surface area contributed by atoms with Crippen LogP contribution in [0.5, 0.6) is 0 Å². The Kier molecular flexibility index (Phi) is 5.22. The van der Waals surface area contributed by atoms with Crippen LogP contribution in [0.2, 0.25) is 0 Å². The van der Waals surface area contributed by atoms with Crippen LogP contribution in [-0.4, -0.2) is 43.1 Å². The van der Waals surface area contributed by atoms with Gasteiger partial charge in [0.25, 0.3) is 5.91 Å². The monoisotopic (exact) mass is 317 g/mol. The summed E-state index contributed by atoms with van der Waals surface area (Å²) in [5.74, 6) is -0.161. The number of amides is 1. The zero-order chi connectivity index (χ0) is 16.1. The molecule has 1 aliphatic heterocycles. The Hall–Kier alpha value is -2.27. The molecule has 0 spiro atoms. The molecule has 0 saturated carbocycles. The van der Waals surface area contributed by atoms with Crippen molar-refractivity contribution in [1.29, 1.82) is 0 Å². The minimum absolute atomic E-state index is 0.0924. The number of aldehydes is 1. The van der Waals surface area contributed by atoms with E-state index in [1.807, 2.05) is 19.1 Å². The normalized spacial score (nSPS) is 15.0. The van der Waals surface area contributed by atoms with Gasteiger partial charge in [-0.2, -0.15) is 0 Å². The van der Waals surface area contributed by atoms with Gasteiger partial charge in [0.2, 0.25) is 0 Å². The van der Waals surface area contributed by atoms with Crippen molar-refractivity contribution in [3.8, 4) is 0 Å². The highest BCUT2D eigenvalue weighted by Crippen LogP contribution is 2.28. The molecule has 0 fully saturated rings. The van der Waals surface area contributed by atoms with E-state index in [1.54, 1.807) is 6.07 Å². The van der Waals surface area contributed by atoms with Gasteiger partial charge in [0, 0.05) is 30.4 Å². The molecule has 0 saturated heterocycles. The number of rotatable bonds is 6. The van der Waals surface area contributed by atoms with Gasteiger partial charge < -0.3 is 9.69 Å². The van der Waals surface area contributed by atoms with Gasteiger partial charge in [-0.05, 0) is 25.3 Å². The molecule has 0 radical (unpaired) electrons. The third-order valence-electron chi connectivity index (χ3n) is 3.33. The standard InChI is InChI=1S/C16H16ClN3O2/c1-3-19-9-14(17)15(18-2)11-4-5-12-10-20(6-7-21)16(22)13(12)8-11/h4-5,7-9H,2-3,6,10H2,1H3/b15-14+,19-9?. The molecular formula is C16H16ClN3O2. The summed E-state index contributed by atoms with van der Waals surface area (Å²) >= 11 is 6.18. The second-order valence-electron chi connectivity index (χ2n) is 4.71. The van der Waals surface area contributed by atoms with Gasteiger partial charge in [-0.15, -0.1) is 0 Å². The van der Waals surface area contributed by atoms with Crippen LogP contribution >= 0.6 is 11.6 Å². The van der Waals surface area contributed by atoms with Crippen molar-refractivity contribution in [2.45, 2.75) is 13.5 Å². The highest BCUT2D eigenvalue weighted by atomic mass is 35.5. The summed E-state index contributed by atoms with van der Waals surface area (Å²) in [4.78, 5) is 32.4. The summed E-state index contributed by atoms with van der Waals surface area (Å²) in [6.45, 7) is 6.58. The van der Waals surface area contributed by atoms with E-state index >= 15 is 0 Å². The zero-order valence-corrected chi connectivity index (χ0v) is 13.0. The lowest BCUT2D eigenvalue weighted by molar-refractivity contribution is -0.108. The predicted molar refractivity (Wildman–Crippen MR) is 88.6 cm³/mol. The first-order chi connectivity index (χ1) is 10.6. The van der Waals surface area contributed by atoms with E-state index in [0.29, 0.717) is 34.9 Å². The largest absolute Gasteiger partial charge is 0.327 e. The van der Waals surface area contributed by atoms with Gasteiger partial charge >= 0.3 is 0 Å². The first-order valence-electron chi connectivity index (χ1n) is 6.84. The lowest BCUT2D eigenvalue weighted by Crippen LogP contribution is -2.25. The van der Waals surface area contributed by atoms with Crippen molar-refractivity contribution in [2.24, 2.45) is 9.98 Å². The molecule has 22 heavy (non-hydrogen) atoms. The molecule has 1 amide bonds. The van der Waals surface area contributed by atoms with Gasteiger partial charge in [0.05, 0.1) is 17.3 Å². The first kappa shape index (κ1) is 16.1. The van der Waals surface area contributed by atoms with E-state index in [0.717, 1.165) is 11.8 Å². The van der Waals surface area contributed by atoms with Crippen LogP contribution in [0, 0.1) is 0 Å². The predicted octanol–water partition coefficient (Wildman–Crippen LogP) is 2.54. The van der Waals surface area contributed by atoms with Crippen molar-refractivity contribution < 1.29 is 9.59 Å². The van der Waals surface area contributed by atoms with E-state index in [2.05, 4.69) is 16.7 Å². The lowest BCUT2D eigenvalue weighted by Gasteiger charge is -2.10. The fourth-order valence-electron chi connectivity index (χ4n) is 2.28. The molecule has 0 aromatic heterocycles. The Morgan fingerprint density at radius 1 is 1.50 bits per heavy atom. The van der Waals surface area contributed by atoms with Crippen LogP contribution in [-0.2, 0) is 11.3 Å². The number of carbonyl (C=O) groups is 2. The smallest absolute Gasteiger partial charge is 0.254 e. The molecule has 1 aliphatic rings. The number of halogens is 1. The van der Waals surface area contributed by atoms with E-state index < -0.39 is 0 Å². The summed E-state index contributed by atoms with van der Waals surface area (Å²) in [6.07, 6.45) is 2.25. The maximum Gasteiger partial charge on any atom is 0.254 e. The minimum Gasteiger partial charge on any atom is -0.327 e. The van der Waals surface area contributed by atoms with Crippen molar-refractivity contribution in [3.63, 3.8) is 0 Å². The Morgan fingerprint density at radius 3 is 2.91 bits per heavy atom. The average Bonchev–Trinajstić information content (AvgIpc) is 2.83. The van der Waals surface area contributed by atoms with Crippen molar-refractivity contribution in [1.82, 2.24) is 4.90 Å². The fraction of sp³-hybridized carbons (Fsp3) is 0.250. The van der Waals surface area contributed by atoms with E-state index in [4.69, 9.17) is 11.6 Å². The molecule has 5 nitrogen and oxygen atoms in total. The molecule has 1 aromatic carbocycles. The van der Waals surface area contributed by atoms with Gasteiger partial charge in [-0.25, -0.2) is 0 Å². The minimum atomic E-state index is -0.161. The van der Waals surface area contributed by atoms with Crippen LogP contribution in [0.4, 0.5) is 0 Å². The topological polar surface area (TPSA) is 62.1 Å². The Labute approximate surface area is 134 Å². The molecule has 1 heterocycles. The molecule has 114 valence electrons. The van der Waals surface area contributed by atoms with Crippen molar-refractivity contribution in [3.05, 3.63) is 39.9 Å². The van der Waals surface area contributed by atoms with Gasteiger partial charge in [0.15, 0.2) is 0 Å². The number of nitrogens with zero attached hydrogens (tertiary/aromatic N) is 3. The SMILES string of the molecule is C=N/C(=C(/Cl)C=NCC)c1ccc2c(c1)C(=O)N(CC=O)C2. The maximum atomic E-state index is 12.2. The fourth-order valence-corrected chi connectivity index (χ4v) is 2.52. The summed E-state index contributed by atoms with van der Waals surface area (Å²) < 4.78 is 0. The second kappa shape index (κ2) is 7.13. The molecule has 6 heteroatoms. The zero-order valence-electron chi connectivity index (χ0n) is 12.3. The third kappa shape index (κ3) is 3.14. The van der Waals surface area contributed by atoms with E-state index in [-0.39, 0.29) is 12.5 Å². The van der Waals surface area contributed by atoms with Gasteiger partial charge in [-0.1, -0.05) is 23.7 Å². The van der Waals surface area contributed by atoms with Gasteiger partial charge in [-0.3, -0.25) is 14.8 Å². The average molecular weight is 318 g/mol. The Bertz CT molecular complexity index is 680. The molecule has 0 bridgehead atoms. The number of hydrogen-bond donors (Lipinski definition) is 0. The van der Waals surface area contributed by atoms with E-state index in [9.17, 15) is 9.59 Å². The van der Waals surface area contributed by atoms with Gasteiger partial charge in [0.1, 0.15) is 6.29 Å². The maximum absolute atomic E-state index is 12.2. The number of aliphatic imine (C=N–C) groups is 2. The summed E-state index contributed by atoms with van der Waals surface area (Å²) in [5, 5.41) is 0.368. The lowest BCUT2D eigenvalue weighted by atomic mass is 10.0. The summed E-state index contributed by atoms with van der Waals surface area (Å²) in [5.41, 5.74) is 2.63. The number of benzene rings is 1. The number of fused-ring (bicyclic) bond motifs is 1. The highest BCUT2D eigenvalue weighted by Gasteiger charge is 2.27. The van der Waals surface area contributed by atoms with Crippen LogP contribution < -0.4 is 0 Å². The van der Waals surface area contributed by atoms with Crippen molar-refractivity contribution in [2.75, 3.05) is 13.1 Å². The highest BCUT2D eigenvalue weighted by molar-refractivity contribution is 6.42. The molecule has 0 aliphatic carbocycles. The van der Waals surface area contributed by atoms with E-state index in [1.165, 1.54) is 11.1 Å². The number of carbonyl (C=O) groups excluding carboxylic acids is 2. The molecule has 0 N–H and O–H groups in total. The molecule has 0 unspecified atom stereocenters. The number of hydrogen-bond acceptors (Lipinski definition) is 4. The molecule has 1 aromatic rings. The summed E-state index contributed by atoms with van der Waals surface area (Å²) in [7, 11) is 0. The van der Waals surface area contributed by atoms with Crippen LogP contribution in [0.15, 0.2) is 33.2 Å². The first-order valence-corrected chi connectivity index (χ1v) is 7.22. The second-order valence-corrected chi connectivity index (χ2v) is 5.11. The summed E-state index contributed by atoms with van der Waals surface area (Å²) in [6, 6.07) is 5.41. The number of allylic oxidation sites excluding steroid dienone is 1. The van der Waals surface area contributed by atoms with Crippen LogP contribution in [0.3, 0.4) is 0 Å². The van der Waals surface area contributed by atoms with Crippen LogP contribution in [0.25, 0.3) is 5.70 Å². The quantitative estimate of drug-likeness (QED) is 0.598. The molecule has 2 rings (SSSR count). The molecule has 0 atom stereocenters. The third-order valence-corrected chi connectivity index (χ3v) is 3.61.